The Labute approximate surface area is 450 Å². The van der Waals surface area contributed by atoms with Gasteiger partial charge in [0, 0.05) is 6.42 Å². The molecule has 12 unspecified atom stereocenters. The second kappa shape index (κ2) is 46.6. The van der Waals surface area contributed by atoms with Crippen LogP contribution in [0.1, 0.15) is 271 Å². The monoisotopic (exact) mass is 1060 g/mol. The number of hydrogen-bond acceptors (Lipinski definition) is 13. The first-order valence-corrected chi connectivity index (χ1v) is 30.9. The molecule has 2 heterocycles. The topological polar surface area (TPSA) is 228 Å². The summed E-state index contributed by atoms with van der Waals surface area (Å²) in [5.74, 6) is -0.206. The minimum absolute atomic E-state index is 0.206. The second-order valence-electron chi connectivity index (χ2n) is 22.2. The van der Waals surface area contributed by atoms with Gasteiger partial charge >= 0.3 is 0 Å². The third-order valence-corrected chi connectivity index (χ3v) is 15.5. The van der Waals surface area contributed by atoms with Crippen LogP contribution in [0, 0.1) is 0 Å². The number of carbonyl (C=O) groups is 1. The SMILES string of the molecule is CCCCCCCCCC/C=C\CCCCCCCCCCCCCCCCCCCCCCCC(=O)NC(COC1OC(CO)C(OC2OC(CO)C(O)C(O)C2O)C(O)C1O)C(O)CCCCCCCCC. The van der Waals surface area contributed by atoms with Crippen molar-refractivity contribution < 1.29 is 64.6 Å². The maximum atomic E-state index is 13.2. The van der Waals surface area contributed by atoms with Gasteiger partial charge in [0.05, 0.1) is 32.0 Å². The fourth-order valence-corrected chi connectivity index (χ4v) is 10.5. The largest absolute Gasteiger partial charge is 0.394 e. The molecule has 0 radical (unpaired) electrons. The Morgan fingerprint density at radius 1 is 0.473 bits per heavy atom. The van der Waals surface area contributed by atoms with E-state index in [0.29, 0.717) is 12.8 Å². The molecule has 2 saturated heterocycles. The van der Waals surface area contributed by atoms with Crippen LogP contribution in [0.25, 0.3) is 0 Å². The van der Waals surface area contributed by atoms with Crippen LogP contribution in [0.3, 0.4) is 0 Å². The predicted octanol–water partition coefficient (Wildman–Crippen LogP) is 10.7. The zero-order valence-corrected chi connectivity index (χ0v) is 47.1. The summed E-state index contributed by atoms with van der Waals surface area (Å²) in [4.78, 5) is 13.2. The molecule has 9 N–H and O–H groups in total. The van der Waals surface area contributed by atoms with Gasteiger partial charge in [-0.2, -0.15) is 0 Å². The van der Waals surface area contributed by atoms with E-state index in [9.17, 15) is 45.6 Å². The molecule has 2 aliphatic rings. The van der Waals surface area contributed by atoms with E-state index in [1.807, 2.05) is 0 Å². The maximum Gasteiger partial charge on any atom is 0.220 e. The normalized spacial score (nSPS) is 25.2. The molecule has 1 amide bonds. The van der Waals surface area contributed by atoms with E-state index in [-0.39, 0.29) is 12.5 Å². The van der Waals surface area contributed by atoms with Crippen LogP contribution in [0.4, 0.5) is 0 Å². The zero-order valence-electron chi connectivity index (χ0n) is 47.1. The number of unbranched alkanes of at least 4 members (excludes halogenated alkanes) is 35. The molecule has 0 aliphatic carbocycles. The summed E-state index contributed by atoms with van der Waals surface area (Å²) in [6, 6.07) is -0.821. The number of ether oxygens (including phenoxy) is 4. The summed E-state index contributed by atoms with van der Waals surface area (Å²) < 4.78 is 22.7. The van der Waals surface area contributed by atoms with E-state index in [1.54, 1.807) is 0 Å². The lowest BCUT2D eigenvalue weighted by Crippen LogP contribution is -2.65. The molecule has 0 aromatic rings. The van der Waals surface area contributed by atoms with Crippen LogP contribution in [0.5, 0.6) is 0 Å². The van der Waals surface area contributed by atoms with Crippen molar-refractivity contribution in [3.63, 3.8) is 0 Å². The van der Waals surface area contributed by atoms with E-state index in [2.05, 4.69) is 31.3 Å². The van der Waals surface area contributed by atoms with Gasteiger partial charge in [0.1, 0.15) is 48.8 Å². The lowest BCUT2D eigenvalue weighted by Gasteiger charge is -2.46. The number of nitrogens with one attached hydrogen (secondary N) is 1. The van der Waals surface area contributed by atoms with Crippen LogP contribution < -0.4 is 5.32 Å². The molecular formula is C60H115NO13. The number of rotatable bonds is 50. The molecule has 14 heteroatoms. The van der Waals surface area contributed by atoms with Crippen molar-refractivity contribution in [1.29, 1.82) is 0 Å². The zero-order chi connectivity index (χ0) is 53.9. The highest BCUT2D eigenvalue weighted by Gasteiger charge is 2.51. The lowest BCUT2D eigenvalue weighted by molar-refractivity contribution is -0.359. The minimum atomic E-state index is -1.78. The van der Waals surface area contributed by atoms with E-state index in [4.69, 9.17) is 18.9 Å². The number of aliphatic hydroxyl groups excluding tert-OH is 8. The molecular weight excluding hydrogens is 943 g/mol. The summed E-state index contributed by atoms with van der Waals surface area (Å²) in [7, 11) is 0. The Kier molecular flexibility index (Phi) is 43.4. The van der Waals surface area contributed by atoms with Gasteiger partial charge in [-0.3, -0.25) is 4.79 Å². The number of hydrogen-bond donors (Lipinski definition) is 9. The molecule has 0 bridgehead atoms. The molecule has 0 spiro atoms. The Bertz CT molecular complexity index is 1290. The summed E-state index contributed by atoms with van der Waals surface area (Å²) in [6.45, 7) is 2.82. The average molecular weight is 1060 g/mol. The van der Waals surface area contributed by atoms with Crippen molar-refractivity contribution in [2.45, 2.75) is 344 Å². The quantitative estimate of drug-likeness (QED) is 0.0204. The Hall–Kier alpha value is -1.27. The highest BCUT2D eigenvalue weighted by molar-refractivity contribution is 5.76. The second-order valence-corrected chi connectivity index (χ2v) is 22.2. The van der Waals surface area contributed by atoms with Crippen molar-refractivity contribution in [3.05, 3.63) is 12.2 Å². The number of carbonyl (C=O) groups excluding carboxylic acids is 1. The number of amides is 1. The van der Waals surface area contributed by atoms with Crippen LogP contribution in [0.15, 0.2) is 12.2 Å². The molecule has 0 saturated carbocycles. The molecule has 2 rings (SSSR count). The van der Waals surface area contributed by atoms with Gasteiger partial charge in [-0.25, -0.2) is 0 Å². The van der Waals surface area contributed by atoms with Gasteiger partial charge in [0.25, 0.3) is 0 Å². The fourth-order valence-electron chi connectivity index (χ4n) is 10.5. The molecule has 0 aromatic carbocycles. The smallest absolute Gasteiger partial charge is 0.220 e. The average Bonchev–Trinajstić information content (AvgIpc) is 3.40. The molecule has 2 aliphatic heterocycles. The molecule has 2 fully saturated rings. The van der Waals surface area contributed by atoms with Crippen molar-refractivity contribution in [2.75, 3.05) is 19.8 Å². The number of aliphatic hydroxyl groups is 8. The first kappa shape index (κ1) is 68.8. The van der Waals surface area contributed by atoms with Gasteiger partial charge in [-0.1, -0.05) is 238 Å². The first-order chi connectivity index (χ1) is 36.1. The third-order valence-electron chi connectivity index (χ3n) is 15.5. The Morgan fingerprint density at radius 2 is 0.851 bits per heavy atom. The molecule has 14 nitrogen and oxygen atoms in total. The fraction of sp³-hybridized carbons (Fsp3) is 0.950. The standard InChI is InChI=1S/C60H115NO13/c1-3-5-7-9-11-12-13-14-15-16-17-18-19-20-21-22-23-24-25-26-27-28-29-30-31-32-33-34-35-36-38-40-42-44-52(65)61-48(49(64)43-41-39-37-10-8-6-4-2)47-71-59-57(70)55(68)58(51(46-63)73-59)74-60-56(69)54(67)53(66)50(45-62)72-60/h16-17,48-51,53-60,62-64,66-70H,3-15,18-47H2,1-2H3,(H,61,65)/b17-16-. The van der Waals surface area contributed by atoms with E-state index < -0.39 is 86.8 Å². The summed E-state index contributed by atoms with van der Waals surface area (Å²) >= 11 is 0. The Morgan fingerprint density at radius 3 is 1.28 bits per heavy atom. The van der Waals surface area contributed by atoms with Gasteiger partial charge < -0.3 is 65.1 Å². The highest BCUT2D eigenvalue weighted by atomic mass is 16.7. The van der Waals surface area contributed by atoms with Crippen LogP contribution in [-0.2, 0) is 23.7 Å². The van der Waals surface area contributed by atoms with Crippen molar-refractivity contribution in [2.24, 2.45) is 0 Å². The highest BCUT2D eigenvalue weighted by Crippen LogP contribution is 2.30. The maximum absolute atomic E-state index is 13.2. The van der Waals surface area contributed by atoms with Crippen molar-refractivity contribution in [3.8, 4) is 0 Å². The van der Waals surface area contributed by atoms with Gasteiger partial charge in [0.15, 0.2) is 12.6 Å². The first-order valence-electron chi connectivity index (χ1n) is 30.9. The van der Waals surface area contributed by atoms with E-state index in [0.717, 1.165) is 51.4 Å². The molecule has 438 valence electrons. The molecule has 74 heavy (non-hydrogen) atoms. The van der Waals surface area contributed by atoms with Crippen LogP contribution >= 0.6 is 0 Å². The van der Waals surface area contributed by atoms with Gasteiger partial charge in [-0.15, -0.1) is 0 Å². The van der Waals surface area contributed by atoms with E-state index in [1.165, 1.54) is 193 Å². The molecule has 12 atom stereocenters. The number of allylic oxidation sites excluding steroid dienone is 2. The lowest BCUT2D eigenvalue weighted by atomic mass is 9.97. The van der Waals surface area contributed by atoms with Crippen LogP contribution in [0.2, 0.25) is 0 Å². The molecule has 0 aromatic heterocycles. The summed E-state index contributed by atoms with van der Waals surface area (Å²) in [5, 5.41) is 86.8. The Balaban J connectivity index is 1.54. The van der Waals surface area contributed by atoms with E-state index >= 15 is 0 Å². The van der Waals surface area contributed by atoms with Crippen molar-refractivity contribution >= 4 is 5.91 Å². The van der Waals surface area contributed by atoms with Crippen molar-refractivity contribution in [1.82, 2.24) is 5.32 Å². The minimum Gasteiger partial charge on any atom is -0.394 e. The van der Waals surface area contributed by atoms with Gasteiger partial charge in [0.2, 0.25) is 5.91 Å². The van der Waals surface area contributed by atoms with Gasteiger partial charge in [-0.05, 0) is 38.5 Å². The summed E-state index contributed by atoms with van der Waals surface area (Å²) in [6.07, 6.45) is 37.2. The third kappa shape index (κ3) is 32.0. The van der Waals surface area contributed by atoms with Crippen LogP contribution in [-0.4, -0.2) is 140 Å². The summed E-state index contributed by atoms with van der Waals surface area (Å²) in [5.41, 5.74) is 0. The predicted molar refractivity (Wildman–Crippen MR) is 295 cm³/mol.